The highest BCUT2D eigenvalue weighted by Crippen LogP contribution is 1.97. The van der Waals surface area contributed by atoms with Gasteiger partial charge in [0.2, 0.25) is 0 Å². The van der Waals surface area contributed by atoms with Crippen LogP contribution in [0.5, 0.6) is 0 Å². The van der Waals surface area contributed by atoms with Gasteiger partial charge in [0, 0.05) is 12.6 Å². The minimum absolute atomic E-state index is 0.0564. The molecule has 0 saturated heterocycles. The summed E-state index contributed by atoms with van der Waals surface area (Å²) in [6.07, 6.45) is 0.562. The van der Waals surface area contributed by atoms with Gasteiger partial charge < -0.3 is 15.2 Å². The van der Waals surface area contributed by atoms with Crippen molar-refractivity contribution in [1.29, 1.82) is 0 Å². The van der Waals surface area contributed by atoms with E-state index in [0.717, 1.165) is 13.0 Å². The lowest BCUT2D eigenvalue weighted by Crippen LogP contribution is -2.27. The van der Waals surface area contributed by atoms with E-state index in [4.69, 9.17) is 9.84 Å². The second-order valence-electron chi connectivity index (χ2n) is 3.78. The molecule has 0 aliphatic carbocycles. The van der Waals surface area contributed by atoms with Crippen LogP contribution in [-0.2, 0) is 4.74 Å². The van der Waals surface area contributed by atoms with Crippen LogP contribution in [0, 0.1) is 0 Å². The van der Waals surface area contributed by atoms with Crippen molar-refractivity contribution in [1.82, 2.24) is 5.32 Å². The van der Waals surface area contributed by atoms with Crippen molar-refractivity contribution < 1.29 is 9.84 Å². The molecule has 0 aliphatic rings. The van der Waals surface area contributed by atoms with E-state index >= 15 is 0 Å². The monoisotopic (exact) mass is 189 g/mol. The van der Waals surface area contributed by atoms with E-state index in [1.165, 1.54) is 0 Å². The lowest BCUT2D eigenvalue weighted by molar-refractivity contribution is -0.0188. The van der Waals surface area contributed by atoms with Crippen LogP contribution in [0.2, 0.25) is 0 Å². The van der Waals surface area contributed by atoms with Crippen molar-refractivity contribution in [3.8, 4) is 0 Å². The second kappa shape index (κ2) is 7.30. The van der Waals surface area contributed by atoms with Gasteiger partial charge in [-0.3, -0.25) is 0 Å². The third-order valence-electron chi connectivity index (χ3n) is 1.93. The molecule has 0 amide bonds. The molecule has 0 aliphatic heterocycles. The average molecular weight is 189 g/mol. The summed E-state index contributed by atoms with van der Waals surface area (Å²) >= 11 is 0. The Bertz CT molecular complexity index is 115. The Labute approximate surface area is 81.5 Å². The molecule has 0 saturated carbocycles. The van der Waals surface area contributed by atoms with E-state index < -0.39 is 0 Å². The molecule has 0 aromatic rings. The minimum atomic E-state index is -0.377. The first kappa shape index (κ1) is 12.9. The van der Waals surface area contributed by atoms with Crippen LogP contribution in [0.25, 0.3) is 0 Å². The molecule has 13 heavy (non-hydrogen) atoms. The molecule has 0 fully saturated rings. The third-order valence-corrected chi connectivity index (χ3v) is 1.93. The minimum Gasteiger partial charge on any atom is -0.391 e. The summed E-state index contributed by atoms with van der Waals surface area (Å²) in [7, 11) is 0. The van der Waals surface area contributed by atoms with Gasteiger partial charge in [-0.25, -0.2) is 0 Å². The molecular weight excluding hydrogens is 166 g/mol. The third kappa shape index (κ3) is 8.22. The van der Waals surface area contributed by atoms with Crippen molar-refractivity contribution in [3.63, 3.8) is 0 Å². The van der Waals surface area contributed by atoms with Gasteiger partial charge in [-0.1, -0.05) is 13.8 Å². The van der Waals surface area contributed by atoms with Crippen molar-refractivity contribution in [2.24, 2.45) is 0 Å². The predicted octanol–water partition coefficient (Wildman–Crippen LogP) is 1.16. The van der Waals surface area contributed by atoms with E-state index in [2.05, 4.69) is 19.2 Å². The van der Waals surface area contributed by atoms with Gasteiger partial charge in [-0.05, 0) is 26.8 Å². The van der Waals surface area contributed by atoms with Gasteiger partial charge in [-0.15, -0.1) is 0 Å². The second-order valence-corrected chi connectivity index (χ2v) is 3.78. The quantitative estimate of drug-likeness (QED) is 0.591. The highest BCUT2D eigenvalue weighted by atomic mass is 16.5. The lowest BCUT2D eigenvalue weighted by Gasteiger charge is -2.15. The van der Waals surface area contributed by atoms with Crippen LogP contribution in [-0.4, -0.2) is 36.5 Å². The molecule has 3 heteroatoms. The molecule has 80 valence electrons. The van der Waals surface area contributed by atoms with E-state index in [0.29, 0.717) is 12.6 Å². The predicted molar refractivity (Wildman–Crippen MR) is 54.9 cm³/mol. The number of aliphatic hydroxyl groups excluding tert-OH is 1. The Morgan fingerprint density at radius 3 is 2.31 bits per heavy atom. The Morgan fingerprint density at radius 2 is 1.85 bits per heavy atom. The number of hydrogen-bond donors (Lipinski definition) is 2. The van der Waals surface area contributed by atoms with E-state index in [-0.39, 0.29) is 12.2 Å². The van der Waals surface area contributed by atoms with Gasteiger partial charge in [-0.2, -0.15) is 0 Å². The van der Waals surface area contributed by atoms with Crippen LogP contribution < -0.4 is 5.32 Å². The lowest BCUT2D eigenvalue weighted by atomic mass is 10.2. The zero-order chi connectivity index (χ0) is 10.3. The molecule has 0 spiro atoms. The number of ether oxygens (including phenoxy) is 1. The molecule has 0 rings (SSSR count). The van der Waals surface area contributed by atoms with Gasteiger partial charge in [0.25, 0.3) is 0 Å². The van der Waals surface area contributed by atoms with Crippen molar-refractivity contribution in [2.75, 3.05) is 13.2 Å². The van der Waals surface area contributed by atoms with Gasteiger partial charge in [0.1, 0.15) is 0 Å². The first-order valence-electron chi connectivity index (χ1n) is 5.07. The molecule has 0 aromatic heterocycles. The van der Waals surface area contributed by atoms with E-state index in [1.807, 2.05) is 6.92 Å². The molecule has 0 radical (unpaired) electrons. The van der Waals surface area contributed by atoms with Gasteiger partial charge in [0.15, 0.2) is 0 Å². The number of nitrogens with one attached hydrogen (secondary N) is 1. The normalized spacial score (nSPS) is 16.2. The fourth-order valence-electron chi connectivity index (χ4n) is 0.871. The summed E-state index contributed by atoms with van der Waals surface area (Å²) < 4.78 is 5.40. The maximum absolute atomic E-state index is 9.13. The number of aliphatic hydroxyl groups is 1. The number of hydrogen-bond acceptors (Lipinski definition) is 3. The smallest absolute Gasteiger partial charge is 0.0803 e. The summed E-state index contributed by atoms with van der Waals surface area (Å²) in [4.78, 5) is 0. The van der Waals surface area contributed by atoms with Gasteiger partial charge in [0.05, 0.1) is 12.2 Å². The number of rotatable bonds is 7. The zero-order valence-electron chi connectivity index (χ0n) is 9.21. The van der Waals surface area contributed by atoms with Crippen LogP contribution in [0.15, 0.2) is 0 Å². The van der Waals surface area contributed by atoms with E-state index in [9.17, 15) is 0 Å². The molecule has 0 heterocycles. The Morgan fingerprint density at radius 1 is 1.23 bits per heavy atom. The fraction of sp³-hybridized carbons (Fsp3) is 1.00. The summed E-state index contributed by atoms with van der Waals surface area (Å²) in [5.41, 5.74) is 0. The van der Waals surface area contributed by atoms with Crippen molar-refractivity contribution >= 4 is 0 Å². The molecule has 0 bridgehead atoms. The standard InChI is InChI=1S/C10H23NO2/c1-8(2)11-6-5-7-13-10(4)9(3)12/h8-12H,5-7H2,1-4H3. The largest absolute Gasteiger partial charge is 0.391 e. The van der Waals surface area contributed by atoms with E-state index in [1.54, 1.807) is 6.92 Å². The van der Waals surface area contributed by atoms with Crippen LogP contribution in [0.3, 0.4) is 0 Å². The Balaban J connectivity index is 3.16. The average Bonchev–Trinajstić information content (AvgIpc) is 2.02. The maximum Gasteiger partial charge on any atom is 0.0803 e. The summed E-state index contributed by atoms with van der Waals surface area (Å²) in [5.74, 6) is 0. The summed E-state index contributed by atoms with van der Waals surface area (Å²) in [6, 6.07) is 0.536. The molecule has 0 aromatic carbocycles. The van der Waals surface area contributed by atoms with Crippen molar-refractivity contribution in [3.05, 3.63) is 0 Å². The SMILES string of the molecule is CC(C)NCCCOC(C)C(C)O. The molecule has 2 atom stereocenters. The highest BCUT2D eigenvalue weighted by Gasteiger charge is 2.07. The molecule has 2 N–H and O–H groups in total. The van der Waals surface area contributed by atoms with Gasteiger partial charge >= 0.3 is 0 Å². The Hall–Kier alpha value is -0.120. The van der Waals surface area contributed by atoms with Crippen LogP contribution >= 0.6 is 0 Å². The summed E-state index contributed by atoms with van der Waals surface area (Å²) in [5, 5.41) is 12.4. The fourth-order valence-corrected chi connectivity index (χ4v) is 0.871. The summed E-state index contributed by atoms with van der Waals surface area (Å²) in [6.45, 7) is 9.58. The highest BCUT2D eigenvalue weighted by molar-refractivity contribution is 4.57. The van der Waals surface area contributed by atoms with Crippen LogP contribution in [0.1, 0.15) is 34.1 Å². The first-order chi connectivity index (χ1) is 6.04. The Kier molecular flexibility index (Phi) is 7.23. The van der Waals surface area contributed by atoms with Crippen LogP contribution in [0.4, 0.5) is 0 Å². The van der Waals surface area contributed by atoms with Crippen molar-refractivity contribution in [2.45, 2.75) is 52.4 Å². The maximum atomic E-state index is 9.13. The topological polar surface area (TPSA) is 41.5 Å². The zero-order valence-corrected chi connectivity index (χ0v) is 9.21. The molecular formula is C10H23NO2. The molecule has 3 nitrogen and oxygen atoms in total. The first-order valence-corrected chi connectivity index (χ1v) is 5.07. The molecule has 2 unspecified atom stereocenters.